The van der Waals surface area contributed by atoms with Gasteiger partial charge < -0.3 is 24.6 Å². The highest BCUT2D eigenvalue weighted by atomic mass is 31.2. The van der Waals surface area contributed by atoms with E-state index < -0.39 is 58.4 Å². The minimum absolute atomic E-state index is 0.0330. The first-order chi connectivity index (χ1) is 29.7. The molecule has 0 aliphatic rings. The van der Waals surface area contributed by atoms with Crippen molar-refractivity contribution in [2.24, 2.45) is 0 Å². The summed E-state index contributed by atoms with van der Waals surface area (Å²) in [5.74, 6) is -1.14. The number of rotatable bonds is 38. The molecule has 0 aromatic rings. The lowest BCUT2D eigenvalue weighted by Crippen LogP contribution is -2.29. The lowest BCUT2D eigenvalue weighted by molar-refractivity contribution is -0.161. The maximum Gasteiger partial charge on any atom is 0.472 e. The number of phosphoric acid groups is 1. The van der Waals surface area contributed by atoms with Crippen LogP contribution in [0.1, 0.15) is 117 Å². The van der Waals surface area contributed by atoms with Crippen molar-refractivity contribution >= 4 is 19.8 Å². The lowest BCUT2D eigenvalue weighted by Gasteiger charge is -2.20. The highest BCUT2D eigenvalue weighted by Gasteiger charge is 2.27. The molecule has 3 N–H and O–H groups in total. The van der Waals surface area contributed by atoms with Crippen molar-refractivity contribution in [3.05, 3.63) is 146 Å². The van der Waals surface area contributed by atoms with Gasteiger partial charge in [0.15, 0.2) is 6.10 Å². The molecule has 11 heteroatoms. The van der Waals surface area contributed by atoms with Gasteiger partial charge in [-0.1, -0.05) is 160 Å². The molecule has 0 saturated carbocycles. The van der Waals surface area contributed by atoms with Crippen LogP contribution in [0.2, 0.25) is 0 Å². The van der Waals surface area contributed by atoms with Crippen molar-refractivity contribution in [1.29, 1.82) is 0 Å². The van der Waals surface area contributed by atoms with E-state index in [1.807, 2.05) is 30.4 Å². The van der Waals surface area contributed by atoms with Crippen LogP contribution >= 0.6 is 7.82 Å². The van der Waals surface area contributed by atoms with Gasteiger partial charge in [-0.2, -0.15) is 0 Å². The Hall–Kier alpha value is -4.15. The summed E-state index contributed by atoms with van der Waals surface area (Å²) in [7, 11) is -4.67. The molecule has 0 bridgehead atoms. The Morgan fingerprint density at radius 1 is 0.475 bits per heavy atom. The average Bonchev–Trinajstić information content (AvgIpc) is 3.25. The first-order valence-corrected chi connectivity index (χ1v) is 23.3. The van der Waals surface area contributed by atoms with Gasteiger partial charge in [-0.15, -0.1) is 0 Å². The Kier molecular flexibility index (Phi) is 40.9. The lowest BCUT2D eigenvalue weighted by atomic mass is 10.2. The fourth-order valence-corrected chi connectivity index (χ4v) is 5.54. The Morgan fingerprint density at radius 3 is 1.13 bits per heavy atom. The van der Waals surface area contributed by atoms with Gasteiger partial charge in [0.25, 0.3) is 0 Å². The van der Waals surface area contributed by atoms with Crippen LogP contribution in [0, 0.1) is 0 Å². The number of carbonyl (C=O) groups excluding carboxylic acids is 2. The van der Waals surface area contributed by atoms with Crippen LogP contribution in [-0.2, 0) is 32.7 Å². The number of ether oxygens (including phenoxy) is 2. The van der Waals surface area contributed by atoms with Crippen LogP contribution in [0.5, 0.6) is 0 Å². The molecule has 0 saturated heterocycles. The van der Waals surface area contributed by atoms with Crippen molar-refractivity contribution in [3.63, 3.8) is 0 Å². The molecule has 61 heavy (non-hydrogen) atoms. The molecule has 0 spiro atoms. The van der Waals surface area contributed by atoms with Gasteiger partial charge in [-0.05, 0) is 89.9 Å². The highest BCUT2D eigenvalue weighted by Crippen LogP contribution is 2.43. The predicted octanol–water partition coefficient (Wildman–Crippen LogP) is 11.9. The van der Waals surface area contributed by atoms with E-state index >= 15 is 0 Å². The van der Waals surface area contributed by atoms with Crippen molar-refractivity contribution in [2.45, 2.75) is 129 Å². The molecule has 340 valence electrons. The molecule has 0 amide bonds. The van der Waals surface area contributed by atoms with Crippen LogP contribution in [-0.4, -0.2) is 65.7 Å². The quantitative estimate of drug-likeness (QED) is 0.0311. The number of aliphatic hydroxyl groups is 2. The Bertz CT molecular complexity index is 1510. The number of esters is 2. The van der Waals surface area contributed by atoms with E-state index in [0.29, 0.717) is 19.3 Å². The summed E-state index contributed by atoms with van der Waals surface area (Å²) < 4.78 is 32.5. The minimum atomic E-state index is -4.67. The zero-order chi connectivity index (χ0) is 44.8. The maximum atomic E-state index is 12.6. The minimum Gasteiger partial charge on any atom is -0.462 e. The normalized spacial score (nSPS) is 15.2. The van der Waals surface area contributed by atoms with Gasteiger partial charge >= 0.3 is 19.8 Å². The second-order valence-corrected chi connectivity index (χ2v) is 15.1. The number of aliphatic hydroxyl groups excluding tert-OH is 2. The molecule has 0 fully saturated rings. The van der Waals surface area contributed by atoms with Crippen LogP contribution in [0.15, 0.2) is 146 Å². The molecule has 0 radical (unpaired) electrons. The molecule has 0 aromatic carbocycles. The van der Waals surface area contributed by atoms with E-state index in [4.69, 9.17) is 19.1 Å². The molecule has 10 nitrogen and oxygen atoms in total. The van der Waals surface area contributed by atoms with Gasteiger partial charge in [0.2, 0.25) is 0 Å². The van der Waals surface area contributed by atoms with Gasteiger partial charge in [0.05, 0.1) is 19.8 Å². The molecule has 0 rings (SSSR count). The molecule has 0 heterocycles. The molecule has 0 aromatic heterocycles. The molecular formula is C50H75O10P. The van der Waals surface area contributed by atoms with Crippen LogP contribution in [0.25, 0.3) is 0 Å². The van der Waals surface area contributed by atoms with E-state index in [2.05, 4.69) is 134 Å². The zero-order valence-corrected chi connectivity index (χ0v) is 37.7. The number of phosphoric ester groups is 1. The van der Waals surface area contributed by atoms with Crippen molar-refractivity contribution < 1.29 is 47.8 Å². The van der Waals surface area contributed by atoms with Gasteiger partial charge in [0, 0.05) is 12.8 Å². The number of hydrogen-bond donors (Lipinski definition) is 3. The van der Waals surface area contributed by atoms with E-state index in [1.54, 1.807) is 0 Å². The number of hydrogen-bond acceptors (Lipinski definition) is 9. The predicted molar refractivity (Wildman–Crippen MR) is 251 cm³/mol. The molecule has 0 aliphatic heterocycles. The largest absolute Gasteiger partial charge is 0.472 e. The van der Waals surface area contributed by atoms with E-state index in [-0.39, 0.29) is 12.8 Å². The highest BCUT2D eigenvalue weighted by molar-refractivity contribution is 7.47. The molecular weight excluding hydrogens is 792 g/mol. The average molecular weight is 867 g/mol. The third-order valence-corrected chi connectivity index (χ3v) is 8.97. The summed E-state index contributed by atoms with van der Waals surface area (Å²) in [6.07, 6.45) is 59.8. The number of carbonyl (C=O) groups is 2. The fourth-order valence-electron chi connectivity index (χ4n) is 4.75. The molecule has 0 aliphatic carbocycles. The summed E-state index contributed by atoms with van der Waals surface area (Å²) in [5.41, 5.74) is 0. The van der Waals surface area contributed by atoms with Crippen molar-refractivity contribution in [1.82, 2.24) is 0 Å². The standard InChI is InChI=1S/C50H75O10P/c1-3-5-7-9-11-13-15-17-19-21-23-25-27-29-31-33-35-37-39-41-49(53)57-45-48(46-59-61(55,56)58-44-47(52)43-51)60-50(54)42-40-38-36-34-32-30-28-26-24-22-20-18-16-14-12-10-8-6-4-2/h5-8,11-14,17-20,23-26,29-32,35-38,47-48,51-52H,3-4,9-10,15-16,21-22,27-28,33-34,39-46H2,1-2H3,(H,55,56). The summed E-state index contributed by atoms with van der Waals surface area (Å²) in [5, 5.41) is 18.3. The summed E-state index contributed by atoms with van der Waals surface area (Å²) in [4.78, 5) is 34.9. The zero-order valence-electron chi connectivity index (χ0n) is 36.8. The first kappa shape index (κ1) is 56.9. The van der Waals surface area contributed by atoms with Gasteiger partial charge in [-0.3, -0.25) is 18.6 Å². The summed E-state index contributed by atoms with van der Waals surface area (Å²) in [6.45, 7) is 1.94. The number of allylic oxidation sites excluding steroid dienone is 24. The monoisotopic (exact) mass is 867 g/mol. The fraction of sp³-hybridized carbons (Fsp3) is 0.480. The molecule has 3 unspecified atom stereocenters. The van der Waals surface area contributed by atoms with E-state index in [1.165, 1.54) is 0 Å². The summed E-state index contributed by atoms with van der Waals surface area (Å²) in [6, 6.07) is 0. The van der Waals surface area contributed by atoms with Crippen molar-refractivity contribution in [2.75, 3.05) is 26.4 Å². The second-order valence-electron chi connectivity index (χ2n) is 13.6. The van der Waals surface area contributed by atoms with Crippen LogP contribution in [0.3, 0.4) is 0 Å². The Morgan fingerprint density at radius 2 is 0.787 bits per heavy atom. The SMILES string of the molecule is CCC=CCC=CCC=CCC=CCC=CCC=CCCC(=O)OCC(COP(=O)(O)OCC(O)CO)OC(=O)CCC=CCC=CCC=CCC=CCC=CCC=CCC. The second kappa shape index (κ2) is 43.9. The van der Waals surface area contributed by atoms with Crippen LogP contribution in [0.4, 0.5) is 0 Å². The third kappa shape index (κ3) is 43.7. The Labute approximate surface area is 367 Å². The topological polar surface area (TPSA) is 149 Å². The van der Waals surface area contributed by atoms with Crippen LogP contribution < -0.4 is 0 Å². The van der Waals surface area contributed by atoms with E-state index in [9.17, 15) is 24.2 Å². The van der Waals surface area contributed by atoms with E-state index in [0.717, 1.165) is 70.6 Å². The smallest absolute Gasteiger partial charge is 0.462 e. The molecule has 3 atom stereocenters. The van der Waals surface area contributed by atoms with Gasteiger partial charge in [-0.25, -0.2) is 4.57 Å². The maximum absolute atomic E-state index is 12.6. The summed E-state index contributed by atoms with van der Waals surface area (Å²) >= 11 is 0. The third-order valence-electron chi connectivity index (χ3n) is 8.02. The Balaban J connectivity index is 4.58. The van der Waals surface area contributed by atoms with Gasteiger partial charge in [0.1, 0.15) is 12.7 Å². The van der Waals surface area contributed by atoms with Crippen molar-refractivity contribution in [3.8, 4) is 0 Å². The first-order valence-electron chi connectivity index (χ1n) is 21.8.